The van der Waals surface area contributed by atoms with Gasteiger partial charge in [0.05, 0.1) is 14.2 Å². The van der Waals surface area contributed by atoms with Gasteiger partial charge in [0, 0.05) is 0 Å². The summed E-state index contributed by atoms with van der Waals surface area (Å²) < 4.78 is 16.5. The first kappa shape index (κ1) is 18.6. The fourth-order valence-electron chi connectivity index (χ4n) is 1.66. The summed E-state index contributed by atoms with van der Waals surface area (Å²) >= 11 is 0. The SMILES string of the molecule is C=C(CC)COc1c(OC)cc(CCN)cc1OC.Cl. The largest absolute Gasteiger partial charge is 0.493 e. The number of nitrogens with two attached hydrogens (primary N) is 1. The third kappa shape index (κ3) is 4.94. The molecule has 0 aliphatic rings. The van der Waals surface area contributed by atoms with E-state index in [1.807, 2.05) is 19.1 Å². The molecule has 0 aliphatic carbocycles. The average molecular weight is 302 g/mol. The van der Waals surface area contributed by atoms with Gasteiger partial charge >= 0.3 is 0 Å². The maximum atomic E-state index is 5.76. The third-order valence-corrected chi connectivity index (χ3v) is 2.87. The highest BCUT2D eigenvalue weighted by Gasteiger charge is 2.14. The maximum absolute atomic E-state index is 5.76. The van der Waals surface area contributed by atoms with E-state index in [0.29, 0.717) is 30.4 Å². The minimum Gasteiger partial charge on any atom is -0.493 e. The van der Waals surface area contributed by atoms with Crippen molar-refractivity contribution in [3.05, 3.63) is 29.8 Å². The van der Waals surface area contributed by atoms with E-state index in [9.17, 15) is 0 Å². The molecule has 0 unspecified atom stereocenters. The molecule has 5 heteroatoms. The summed E-state index contributed by atoms with van der Waals surface area (Å²) in [5.74, 6) is 1.93. The predicted molar refractivity (Wildman–Crippen MR) is 84.5 cm³/mol. The van der Waals surface area contributed by atoms with E-state index in [2.05, 4.69) is 6.58 Å². The van der Waals surface area contributed by atoms with Crippen LogP contribution in [0.5, 0.6) is 17.2 Å². The summed E-state index contributed by atoms with van der Waals surface area (Å²) in [6, 6.07) is 3.86. The molecule has 2 N–H and O–H groups in total. The molecule has 114 valence electrons. The first-order valence-electron chi connectivity index (χ1n) is 6.40. The fourth-order valence-corrected chi connectivity index (χ4v) is 1.66. The Bertz CT molecular complexity index is 410. The first-order chi connectivity index (χ1) is 9.15. The van der Waals surface area contributed by atoms with E-state index >= 15 is 0 Å². The molecule has 0 radical (unpaired) electrons. The van der Waals surface area contributed by atoms with Gasteiger partial charge in [-0.1, -0.05) is 13.5 Å². The van der Waals surface area contributed by atoms with Gasteiger partial charge in [-0.3, -0.25) is 0 Å². The van der Waals surface area contributed by atoms with Crippen LogP contribution >= 0.6 is 12.4 Å². The van der Waals surface area contributed by atoms with Gasteiger partial charge in [-0.25, -0.2) is 0 Å². The van der Waals surface area contributed by atoms with Crippen molar-refractivity contribution in [3.8, 4) is 17.2 Å². The Balaban J connectivity index is 0.00000361. The van der Waals surface area contributed by atoms with Gasteiger partial charge in [0.2, 0.25) is 5.75 Å². The minimum absolute atomic E-state index is 0. The second-order valence-corrected chi connectivity index (χ2v) is 4.26. The Labute approximate surface area is 127 Å². The molecule has 0 spiro atoms. The molecule has 1 aromatic rings. The molecule has 0 fully saturated rings. The highest BCUT2D eigenvalue weighted by molar-refractivity contribution is 5.85. The third-order valence-electron chi connectivity index (χ3n) is 2.87. The van der Waals surface area contributed by atoms with Crippen LogP contribution in [0.3, 0.4) is 0 Å². The first-order valence-corrected chi connectivity index (χ1v) is 6.40. The van der Waals surface area contributed by atoms with Gasteiger partial charge < -0.3 is 19.9 Å². The molecule has 0 saturated carbocycles. The lowest BCUT2D eigenvalue weighted by Crippen LogP contribution is -2.06. The fraction of sp³-hybridized carbons (Fsp3) is 0.467. The average Bonchev–Trinajstić information content (AvgIpc) is 2.44. The monoisotopic (exact) mass is 301 g/mol. The maximum Gasteiger partial charge on any atom is 0.203 e. The van der Waals surface area contributed by atoms with Crippen molar-refractivity contribution < 1.29 is 14.2 Å². The van der Waals surface area contributed by atoms with Crippen LogP contribution in [0.25, 0.3) is 0 Å². The Morgan fingerprint density at radius 3 is 2.15 bits per heavy atom. The standard InChI is InChI=1S/C15H23NO3.ClH/c1-5-11(2)10-19-15-13(17-3)8-12(6-7-16)9-14(15)18-4;/h8-9H,2,5-7,10,16H2,1,3-4H3;1H. The number of rotatable bonds is 8. The normalized spacial score (nSPS) is 9.60. The van der Waals surface area contributed by atoms with Gasteiger partial charge in [-0.2, -0.15) is 0 Å². The molecule has 4 nitrogen and oxygen atoms in total. The molecule has 0 bridgehead atoms. The number of hydrogen-bond acceptors (Lipinski definition) is 4. The highest BCUT2D eigenvalue weighted by Crippen LogP contribution is 2.38. The minimum atomic E-state index is 0. The lowest BCUT2D eigenvalue weighted by Gasteiger charge is -2.16. The van der Waals surface area contributed by atoms with E-state index < -0.39 is 0 Å². The van der Waals surface area contributed by atoms with E-state index in [1.54, 1.807) is 14.2 Å². The van der Waals surface area contributed by atoms with Crippen molar-refractivity contribution >= 4 is 12.4 Å². The van der Waals surface area contributed by atoms with E-state index in [4.69, 9.17) is 19.9 Å². The quantitative estimate of drug-likeness (QED) is 0.750. The molecule has 0 atom stereocenters. The molecule has 0 aliphatic heterocycles. The molecular formula is C15H24ClNO3. The topological polar surface area (TPSA) is 53.7 Å². The predicted octanol–water partition coefficient (Wildman–Crippen LogP) is 2.97. The van der Waals surface area contributed by atoms with Crippen molar-refractivity contribution in [2.24, 2.45) is 5.73 Å². The zero-order chi connectivity index (χ0) is 14.3. The van der Waals surface area contributed by atoms with Crippen LogP contribution in [0.4, 0.5) is 0 Å². The second kappa shape index (κ2) is 9.50. The smallest absolute Gasteiger partial charge is 0.203 e. The Kier molecular flexibility index (Phi) is 8.84. The van der Waals surface area contributed by atoms with Crippen LogP contribution in [0, 0.1) is 0 Å². The van der Waals surface area contributed by atoms with E-state index in [-0.39, 0.29) is 12.4 Å². The Morgan fingerprint density at radius 1 is 1.20 bits per heavy atom. The Hall–Kier alpha value is -1.39. The van der Waals surface area contributed by atoms with Gasteiger partial charge in [0.1, 0.15) is 6.61 Å². The zero-order valence-electron chi connectivity index (χ0n) is 12.4. The zero-order valence-corrected chi connectivity index (χ0v) is 13.2. The molecule has 1 aromatic carbocycles. The van der Waals surface area contributed by atoms with Crippen LogP contribution in [-0.2, 0) is 6.42 Å². The van der Waals surface area contributed by atoms with Crippen molar-refractivity contribution in [3.63, 3.8) is 0 Å². The molecule has 1 rings (SSSR count). The number of halogens is 1. The van der Waals surface area contributed by atoms with Gasteiger partial charge in [0.15, 0.2) is 11.5 Å². The van der Waals surface area contributed by atoms with Crippen molar-refractivity contribution in [1.29, 1.82) is 0 Å². The van der Waals surface area contributed by atoms with Crippen molar-refractivity contribution in [2.45, 2.75) is 19.8 Å². The molecule has 0 heterocycles. The molecule has 0 saturated heterocycles. The summed E-state index contributed by atoms with van der Waals surface area (Å²) in [5.41, 5.74) is 7.66. The number of methoxy groups -OCH3 is 2. The molecular weight excluding hydrogens is 278 g/mol. The number of hydrogen-bond donors (Lipinski definition) is 1. The van der Waals surface area contributed by atoms with Gasteiger partial charge in [-0.15, -0.1) is 12.4 Å². The number of benzene rings is 1. The molecule has 20 heavy (non-hydrogen) atoms. The molecule has 0 aromatic heterocycles. The van der Waals surface area contributed by atoms with E-state index in [0.717, 1.165) is 24.0 Å². The Morgan fingerprint density at radius 2 is 1.75 bits per heavy atom. The summed E-state index contributed by atoms with van der Waals surface area (Å²) in [6.07, 6.45) is 1.66. The lowest BCUT2D eigenvalue weighted by molar-refractivity contribution is 0.293. The lowest BCUT2D eigenvalue weighted by atomic mass is 10.1. The van der Waals surface area contributed by atoms with Gasteiger partial charge in [0.25, 0.3) is 0 Å². The van der Waals surface area contributed by atoms with Crippen LogP contribution in [0.15, 0.2) is 24.3 Å². The second-order valence-electron chi connectivity index (χ2n) is 4.26. The van der Waals surface area contributed by atoms with E-state index in [1.165, 1.54) is 0 Å². The summed E-state index contributed by atoms with van der Waals surface area (Å²) in [7, 11) is 3.23. The summed E-state index contributed by atoms with van der Waals surface area (Å²) in [6.45, 7) is 7.01. The van der Waals surface area contributed by atoms with Crippen LogP contribution in [0.1, 0.15) is 18.9 Å². The highest BCUT2D eigenvalue weighted by atomic mass is 35.5. The molecule has 0 amide bonds. The van der Waals surface area contributed by atoms with Crippen LogP contribution in [0.2, 0.25) is 0 Å². The van der Waals surface area contributed by atoms with Crippen LogP contribution < -0.4 is 19.9 Å². The van der Waals surface area contributed by atoms with Crippen LogP contribution in [-0.4, -0.2) is 27.4 Å². The number of ether oxygens (including phenoxy) is 3. The van der Waals surface area contributed by atoms with Crippen molar-refractivity contribution in [2.75, 3.05) is 27.4 Å². The summed E-state index contributed by atoms with van der Waals surface area (Å²) in [5, 5.41) is 0. The van der Waals surface area contributed by atoms with Gasteiger partial charge in [-0.05, 0) is 42.7 Å². The van der Waals surface area contributed by atoms with Crippen molar-refractivity contribution in [1.82, 2.24) is 0 Å². The summed E-state index contributed by atoms with van der Waals surface area (Å²) in [4.78, 5) is 0.